The molecule has 7 nitrogen and oxygen atoms in total. The highest BCUT2D eigenvalue weighted by Crippen LogP contribution is 2.17. The number of carboxylic acid groups (broad SMARTS) is 1. The summed E-state index contributed by atoms with van der Waals surface area (Å²) in [4.78, 5) is 26.1. The van der Waals surface area contributed by atoms with Crippen molar-refractivity contribution in [3.63, 3.8) is 0 Å². The van der Waals surface area contributed by atoms with Crippen molar-refractivity contribution < 1.29 is 9.90 Å². The van der Waals surface area contributed by atoms with E-state index in [0.717, 1.165) is 12.8 Å². The van der Waals surface area contributed by atoms with E-state index in [2.05, 4.69) is 25.3 Å². The van der Waals surface area contributed by atoms with Crippen molar-refractivity contribution in [2.24, 2.45) is 0 Å². The van der Waals surface area contributed by atoms with Gasteiger partial charge in [0.2, 0.25) is 0 Å². The molecule has 2 rings (SSSR count). The number of carboxylic acids is 1. The fourth-order valence-corrected chi connectivity index (χ4v) is 1.71. The molecule has 104 valence electrons. The summed E-state index contributed by atoms with van der Waals surface area (Å²) in [6.07, 6.45) is 5.23. The Morgan fingerprint density at radius 2 is 2.26 bits per heavy atom. The average molecular weight is 286 g/mol. The quantitative estimate of drug-likeness (QED) is 0.748. The number of rotatable bonds is 6. The number of nitrogens with one attached hydrogen (secondary N) is 2. The second-order valence-electron chi connectivity index (χ2n) is 4.00. The first-order chi connectivity index (χ1) is 8.72. The third-order valence-corrected chi connectivity index (χ3v) is 2.68. The molecule has 0 spiro atoms. The van der Waals surface area contributed by atoms with Crippen LogP contribution in [0.2, 0.25) is 0 Å². The normalized spacial score (nSPS) is 11.8. The molecule has 8 heteroatoms. The molecule has 3 N–H and O–H groups in total. The number of carbonyl (C=O) groups is 1. The van der Waals surface area contributed by atoms with Crippen molar-refractivity contribution in [3.8, 4) is 0 Å². The van der Waals surface area contributed by atoms with Crippen LogP contribution in [0.5, 0.6) is 0 Å². The number of hydrogen-bond donors (Lipinski definition) is 3. The van der Waals surface area contributed by atoms with E-state index < -0.39 is 12.0 Å². The molecular formula is C11H16ClN5O2. The van der Waals surface area contributed by atoms with Crippen LogP contribution in [0.3, 0.4) is 0 Å². The van der Waals surface area contributed by atoms with Gasteiger partial charge in [-0.3, -0.25) is 0 Å². The van der Waals surface area contributed by atoms with Crippen molar-refractivity contribution in [3.05, 3.63) is 12.7 Å². The van der Waals surface area contributed by atoms with Gasteiger partial charge in [0.25, 0.3) is 0 Å². The number of fused-ring (bicyclic) bond motifs is 1. The Balaban J connectivity index is 0.00000180. The van der Waals surface area contributed by atoms with Gasteiger partial charge in [-0.05, 0) is 6.42 Å². The minimum atomic E-state index is -0.880. The Hall–Kier alpha value is -1.89. The van der Waals surface area contributed by atoms with E-state index >= 15 is 0 Å². The van der Waals surface area contributed by atoms with Gasteiger partial charge in [-0.15, -0.1) is 12.4 Å². The van der Waals surface area contributed by atoms with Gasteiger partial charge in [0.15, 0.2) is 11.5 Å². The van der Waals surface area contributed by atoms with E-state index in [9.17, 15) is 4.79 Å². The van der Waals surface area contributed by atoms with Gasteiger partial charge in [0.1, 0.15) is 17.9 Å². The van der Waals surface area contributed by atoms with Crippen molar-refractivity contribution in [2.45, 2.75) is 32.2 Å². The number of aromatic amines is 1. The van der Waals surface area contributed by atoms with Crippen molar-refractivity contribution >= 4 is 35.4 Å². The van der Waals surface area contributed by atoms with Gasteiger partial charge in [0, 0.05) is 0 Å². The third kappa shape index (κ3) is 3.54. The van der Waals surface area contributed by atoms with Gasteiger partial charge in [0.05, 0.1) is 6.33 Å². The monoisotopic (exact) mass is 285 g/mol. The molecular weight excluding hydrogens is 270 g/mol. The number of hydrogen-bond acceptors (Lipinski definition) is 5. The highest BCUT2D eigenvalue weighted by atomic mass is 35.5. The summed E-state index contributed by atoms with van der Waals surface area (Å²) in [6.45, 7) is 2.02. The Morgan fingerprint density at radius 1 is 1.47 bits per heavy atom. The van der Waals surface area contributed by atoms with Crippen LogP contribution in [0.1, 0.15) is 26.2 Å². The lowest BCUT2D eigenvalue weighted by Gasteiger charge is -2.14. The summed E-state index contributed by atoms with van der Waals surface area (Å²) in [6, 6.07) is -0.647. The van der Waals surface area contributed by atoms with Gasteiger partial charge < -0.3 is 15.4 Å². The van der Waals surface area contributed by atoms with Crippen LogP contribution in [0.25, 0.3) is 11.2 Å². The number of imidazole rings is 1. The molecule has 0 radical (unpaired) electrons. The van der Waals surface area contributed by atoms with E-state index in [1.807, 2.05) is 6.92 Å². The zero-order chi connectivity index (χ0) is 13.0. The van der Waals surface area contributed by atoms with E-state index in [0.29, 0.717) is 23.4 Å². The Morgan fingerprint density at radius 3 is 2.95 bits per heavy atom. The molecule has 0 bridgehead atoms. The van der Waals surface area contributed by atoms with Crippen LogP contribution < -0.4 is 5.32 Å². The van der Waals surface area contributed by atoms with E-state index in [1.165, 1.54) is 12.7 Å². The molecule has 0 saturated carbocycles. The number of unbranched alkanes of at least 4 members (excludes halogenated alkanes) is 1. The fraction of sp³-hybridized carbons (Fsp3) is 0.455. The maximum absolute atomic E-state index is 11.2. The summed E-state index contributed by atoms with van der Waals surface area (Å²) in [5, 5.41) is 12.1. The molecule has 1 unspecified atom stereocenters. The molecule has 0 aliphatic heterocycles. The molecule has 0 fully saturated rings. The molecule has 19 heavy (non-hydrogen) atoms. The molecule has 2 aromatic heterocycles. The van der Waals surface area contributed by atoms with Crippen LogP contribution in [0.15, 0.2) is 12.7 Å². The molecule has 0 aromatic carbocycles. The molecule has 0 amide bonds. The van der Waals surface area contributed by atoms with E-state index in [-0.39, 0.29) is 12.4 Å². The van der Waals surface area contributed by atoms with Crippen LogP contribution in [-0.4, -0.2) is 37.1 Å². The predicted molar refractivity (Wildman–Crippen MR) is 73.5 cm³/mol. The molecule has 2 heterocycles. The summed E-state index contributed by atoms with van der Waals surface area (Å²) in [5.74, 6) is -0.407. The van der Waals surface area contributed by atoms with Crippen molar-refractivity contribution in [1.82, 2.24) is 19.9 Å². The zero-order valence-corrected chi connectivity index (χ0v) is 11.3. The lowest BCUT2D eigenvalue weighted by atomic mass is 10.1. The first-order valence-corrected chi connectivity index (χ1v) is 5.85. The van der Waals surface area contributed by atoms with Crippen LogP contribution in [-0.2, 0) is 4.79 Å². The number of H-pyrrole nitrogens is 1. The average Bonchev–Trinajstić information content (AvgIpc) is 2.83. The Labute approximate surface area is 116 Å². The maximum Gasteiger partial charge on any atom is 0.326 e. The van der Waals surface area contributed by atoms with Crippen molar-refractivity contribution in [2.75, 3.05) is 5.32 Å². The standard InChI is InChI=1S/C11H15N5O2.ClH/c1-2-3-4-7(11(17)18)16-10-8-9(13-5-12-8)14-6-15-10;/h5-7H,2-4H2,1H3,(H,17,18)(H2,12,13,14,15,16);1H. The van der Waals surface area contributed by atoms with E-state index in [1.54, 1.807) is 0 Å². The van der Waals surface area contributed by atoms with Gasteiger partial charge in [-0.2, -0.15) is 0 Å². The number of aromatic nitrogens is 4. The predicted octanol–water partition coefficient (Wildman–Crippen LogP) is 1.83. The number of halogens is 1. The minimum Gasteiger partial charge on any atom is -0.480 e. The number of nitrogens with zero attached hydrogens (tertiary/aromatic N) is 3. The summed E-state index contributed by atoms with van der Waals surface area (Å²) < 4.78 is 0. The van der Waals surface area contributed by atoms with Gasteiger partial charge in [-0.1, -0.05) is 19.8 Å². The van der Waals surface area contributed by atoms with E-state index in [4.69, 9.17) is 5.11 Å². The van der Waals surface area contributed by atoms with Crippen molar-refractivity contribution in [1.29, 1.82) is 0 Å². The highest BCUT2D eigenvalue weighted by Gasteiger charge is 2.18. The topological polar surface area (TPSA) is 104 Å². The highest BCUT2D eigenvalue weighted by molar-refractivity contribution is 5.86. The third-order valence-electron chi connectivity index (χ3n) is 2.68. The molecule has 1 atom stereocenters. The Bertz CT molecular complexity index is 545. The zero-order valence-electron chi connectivity index (χ0n) is 10.5. The second kappa shape index (κ2) is 6.89. The summed E-state index contributed by atoms with van der Waals surface area (Å²) >= 11 is 0. The lowest BCUT2D eigenvalue weighted by molar-refractivity contribution is -0.138. The molecule has 0 aliphatic carbocycles. The van der Waals surface area contributed by atoms with Crippen LogP contribution >= 0.6 is 12.4 Å². The SMILES string of the molecule is CCCCC(Nc1ncnc2nc[nH]c12)C(=O)O.Cl. The number of anilines is 1. The molecule has 0 aliphatic rings. The van der Waals surface area contributed by atoms with Gasteiger partial charge in [-0.25, -0.2) is 19.7 Å². The first-order valence-electron chi connectivity index (χ1n) is 5.85. The second-order valence-corrected chi connectivity index (χ2v) is 4.00. The van der Waals surface area contributed by atoms with Crippen LogP contribution in [0, 0.1) is 0 Å². The van der Waals surface area contributed by atoms with Gasteiger partial charge >= 0.3 is 5.97 Å². The van der Waals surface area contributed by atoms with Crippen LogP contribution in [0.4, 0.5) is 5.82 Å². The smallest absolute Gasteiger partial charge is 0.326 e. The maximum atomic E-state index is 11.2. The lowest BCUT2D eigenvalue weighted by Crippen LogP contribution is -2.29. The molecule has 0 saturated heterocycles. The molecule has 2 aromatic rings. The summed E-state index contributed by atoms with van der Waals surface area (Å²) in [7, 11) is 0. The summed E-state index contributed by atoms with van der Waals surface area (Å²) in [5.41, 5.74) is 1.15. The largest absolute Gasteiger partial charge is 0.480 e. The number of aliphatic carboxylic acids is 1. The fourth-order valence-electron chi connectivity index (χ4n) is 1.71. The first kappa shape index (κ1) is 15.2. The minimum absolute atomic E-state index is 0. The Kier molecular flexibility index (Phi) is 5.50.